The number of carboxylic acid groups (broad SMARTS) is 1. The van der Waals surface area contributed by atoms with E-state index in [2.05, 4.69) is 0 Å². The Morgan fingerprint density at radius 3 is 1.83 bits per heavy atom. The minimum Gasteiger partial charge on any atom is -0.480 e. The van der Waals surface area contributed by atoms with Crippen molar-refractivity contribution in [1.82, 2.24) is 5.32 Å². The molecule has 0 aromatic rings. The molecule has 0 aromatic heterocycles. The molecule has 106 valence electrons. The summed E-state index contributed by atoms with van der Waals surface area (Å²) >= 11 is 0. The van der Waals surface area contributed by atoms with Gasteiger partial charge in [0, 0.05) is 0 Å². The maximum absolute atomic E-state index is 12.5. The number of rotatable bonds is 5. The Bertz CT molecular complexity index is 336. The molecule has 0 spiro atoms. The molecule has 8 heteroatoms. The predicted octanol–water partition coefficient (Wildman–Crippen LogP) is 1.03. The first-order valence-electron chi connectivity index (χ1n) is 5.36. The van der Waals surface area contributed by atoms with Crippen LogP contribution in [0.5, 0.6) is 0 Å². The van der Waals surface area contributed by atoms with Crippen molar-refractivity contribution in [2.24, 2.45) is 5.73 Å². The van der Waals surface area contributed by atoms with E-state index in [9.17, 15) is 22.8 Å². The van der Waals surface area contributed by atoms with Gasteiger partial charge in [-0.25, -0.2) is 4.79 Å². The fourth-order valence-corrected chi connectivity index (χ4v) is 1.26. The highest BCUT2D eigenvalue weighted by molar-refractivity contribution is 5.92. The normalized spacial score (nSPS) is 15.9. The van der Waals surface area contributed by atoms with E-state index in [1.165, 1.54) is 13.8 Å². The van der Waals surface area contributed by atoms with Crippen molar-refractivity contribution in [3.8, 4) is 0 Å². The molecule has 4 N–H and O–H groups in total. The molecule has 0 aliphatic rings. The van der Waals surface area contributed by atoms with Crippen molar-refractivity contribution < 1.29 is 27.9 Å². The first-order chi connectivity index (χ1) is 7.94. The topological polar surface area (TPSA) is 92.4 Å². The zero-order valence-corrected chi connectivity index (χ0v) is 10.4. The van der Waals surface area contributed by atoms with Crippen molar-refractivity contribution in [3.05, 3.63) is 0 Å². The average Bonchev–Trinajstić information content (AvgIpc) is 2.23. The van der Waals surface area contributed by atoms with Gasteiger partial charge in [-0.05, 0) is 19.8 Å². The zero-order valence-electron chi connectivity index (χ0n) is 10.4. The van der Waals surface area contributed by atoms with Gasteiger partial charge in [0.25, 0.3) is 0 Å². The molecule has 1 atom stereocenters. The molecule has 0 rings (SSSR count). The predicted molar refractivity (Wildman–Crippen MR) is 57.7 cm³/mol. The number of nitrogens with one attached hydrogen (secondary N) is 1. The largest absolute Gasteiger partial charge is 0.480 e. The van der Waals surface area contributed by atoms with Crippen LogP contribution >= 0.6 is 0 Å². The quantitative estimate of drug-likeness (QED) is 0.695. The highest BCUT2D eigenvalue weighted by Crippen LogP contribution is 2.29. The number of amides is 1. The molecule has 0 bridgehead atoms. The van der Waals surface area contributed by atoms with E-state index in [4.69, 9.17) is 10.8 Å². The van der Waals surface area contributed by atoms with Gasteiger partial charge in [0.2, 0.25) is 5.91 Å². The third-order valence-electron chi connectivity index (χ3n) is 3.03. The van der Waals surface area contributed by atoms with Gasteiger partial charge < -0.3 is 16.2 Å². The third-order valence-corrected chi connectivity index (χ3v) is 3.03. The van der Waals surface area contributed by atoms with Crippen LogP contribution in [-0.4, -0.2) is 34.2 Å². The van der Waals surface area contributed by atoms with Crippen LogP contribution in [0.4, 0.5) is 13.2 Å². The van der Waals surface area contributed by atoms with Crippen LogP contribution in [0.2, 0.25) is 0 Å². The number of carboxylic acids is 1. The number of alkyl halides is 3. The molecular weight excluding hydrogens is 253 g/mol. The molecule has 0 saturated carbocycles. The first kappa shape index (κ1) is 16.7. The molecule has 0 heterocycles. The Morgan fingerprint density at radius 1 is 1.22 bits per heavy atom. The van der Waals surface area contributed by atoms with Gasteiger partial charge in [-0.15, -0.1) is 0 Å². The molecule has 0 radical (unpaired) electrons. The monoisotopic (exact) mass is 270 g/mol. The number of carbonyl (C=O) groups is 2. The lowest BCUT2D eigenvalue weighted by molar-refractivity contribution is -0.189. The van der Waals surface area contributed by atoms with Gasteiger partial charge in [0.05, 0.1) is 0 Å². The summed E-state index contributed by atoms with van der Waals surface area (Å²) < 4.78 is 37.6. The zero-order chi connectivity index (χ0) is 14.8. The highest BCUT2D eigenvalue weighted by atomic mass is 19.4. The first-order valence-corrected chi connectivity index (χ1v) is 5.36. The van der Waals surface area contributed by atoms with Gasteiger partial charge in [-0.3, -0.25) is 4.79 Å². The van der Waals surface area contributed by atoms with Crippen LogP contribution in [0.3, 0.4) is 0 Å². The molecule has 0 aliphatic heterocycles. The number of hydrogen-bond acceptors (Lipinski definition) is 3. The smallest absolute Gasteiger partial charge is 0.415 e. The number of halogens is 3. The molecule has 0 aromatic carbocycles. The second-order valence-electron chi connectivity index (χ2n) is 4.25. The molecule has 0 aliphatic carbocycles. The van der Waals surface area contributed by atoms with Crippen molar-refractivity contribution in [1.29, 1.82) is 0 Å². The summed E-state index contributed by atoms with van der Waals surface area (Å²) in [6, 6.07) is 0. The summed E-state index contributed by atoms with van der Waals surface area (Å²) in [5.41, 5.74) is 0.0640. The molecule has 1 unspecified atom stereocenters. The van der Waals surface area contributed by atoms with Gasteiger partial charge in [-0.2, -0.15) is 13.2 Å². The van der Waals surface area contributed by atoms with E-state index in [-0.39, 0.29) is 12.8 Å². The number of hydrogen-bond donors (Lipinski definition) is 3. The SMILES string of the molecule is CCC(CC)(NC(=O)C(C)(N)C(F)(F)F)C(=O)O. The fourth-order valence-electron chi connectivity index (χ4n) is 1.26. The van der Waals surface area contributed by atoms with E-state index in [1.54, 1.807) is 0 Å². The summed E-state index contributed by atoms with van der Waals surface area (Å²) in [7, 11) is 0. The maximum Gasteiger partial charge on any atom is 0.415 e. The molecule has 1 amide bonds. The summed E-state index contributed by atoms with van der Waals surface area (Å²) in [5, 5.41) is 10.9. The summed E-state index contributed by atoms with van der Waals surface area (Å²) in [4.78, 5) is 22.6. The summed E-state index contributed by atoms with van der Waals surface area (Å²) in [6.45, 7) is 3.42. The third kappa shape index (κ3) is 2.92. The second-order valence-corrected chi connectivity index (χ2v) is 4.25. The molecule has 0 saturated heterocycles. The van der Waals surface area contributed by atoms with Crippen LogP contribution in [0, 0.1) is 0 Å². The van der Waals surface area contributed by atoms with Crippen molar-refractivity contribution in [3.63, 3.8) is 0 Å². The second kappa shape index (κ2) is 5.13. The molecule has 18 heavy (non-hydrogen) atoms. The minimum absolute atomic E-state index is 0.0431. The van der Waals surface area contributed by atoms with Gasteiger partial charge in [0.1, 0.15) is 5.54 Å². The number of carbonyl (C=O) groups excluding carboxylic acids is 1. The van der Waals surface area contributed by atoms with E-state index >= 15 is 0 Å². The van der Waals surface area contributed by atoms with Gasteiger partial charge in [0.15, 0.2) is 5.54 Å². The number of aliphatic carboxylic acids is 1. The fraction of sp³-hybridized carbons (Fsp3) is 0.800. The van der Waals surface area contributed by atoms with Crippen LogP contribution < -0.4 is 11.1 Å². The minimum atomic E-state index is -4.96. The Kier molecular flexibility index (Phi) is 4.76. The van der Waals surface area contributed by atoms with Crippen LogP contribution in [0.1, 0.15) is 33.6 Å². The lowest BCUT2D eigenvalue weighted by Gasteiger charge is -2.33. The van der Waals surface area contributed by atoms with Crippen LogP contribution in [0.25, 0.3) is 0 Å². The Hall–Kier alpha value is -1.31. The summed E-state index contributed by atoms with van der Waals surface area (Å²) in [6.07, 6.45) is -5.04. The standard InChI is InChI=1S/C10H17F3N2O3/c1-4-9(5-2,7(17)18)15-6(16)8(3,14)10(11,12)13/h4-5,14H2,1-3H3,(H,15,16)(H,17,18). The van der Waals surface area contributed by atoms with E-state index in [0.717, 1.165) is 0 Å². The Labute approximate surface area is 103 Å². The van der Waals surface area contributed by atoms with Gasteiger partial charge in [-0.1, -0.05) is 13.8 Å². The van der Waals surface area contributed by atoms with E-state index in [1.807, 2.05) is 5.32 Å². The Morgan fingerprint density at radius 2 is 1.61 bits per heavy atom. The molecule has 0 fully saturated rings. The van der Waals surface area contributed by atoms with E-state index in [0.29, 0.717) is 6.92 Å². The lowest BCUT2D eigenvalue weighted by atomic mass is 9.90. The number of nitrogens with two attached hydrogens (primary N) is 1. The molecule has 5 nitrogen and oxygen atoms in total. The lowest BCUT2D eigenvalue weighted by Crippen LogP contribution is -2.66. The van der Waals surface area contributed by atoms with E-state index < -0.39 is 29.1 Å². The van der Waals surface area contributed by atoms with Crippen LogP contribution in [0.15, 0.2) is 0 Å². The molecular formula is C10H17F3N2O3. The maximum atomic E-state index is 12.5. The average molecular weight is 270 g/mol. The van der Waals surface area contributed by atoms with Crippen molar-refractivity contribution in [2.45, 2.75) is 50.9 Å². The van der Waals surface area contributed by atoms with Crippen molar-refractivity contribution >= 4 is 11.9 Å². The Balaban J connectivity index is 5.22. The summed E-state index contributed by atoms with van der Waals surface area (Å²) in [5.74, 6) is -2.94. The van der Waals surface area contributed by atoms with Crippen LogP contribution in [-0.2, 0) is 9.59 Å². The highest BCUT2D eigenvalue weighted by Gasteiger charge is 2.55. The van der Waals surface area contributed by atoms with Gasteiger partial charge >= 0.3 is 12.1 Å². The van der Waals surface area contributed by atoms with Crippen molar-refractivity contribution in [2.75, 3.05) is 0 Å².